The number of aryl methyl sites for hydroxylation is 1. The maximum absolute atomic E-state index is 13.2. The molecule has 0 unspecified atom stereocenters. The molecule has 0 aromatic heterocycles. The van der Waals surface area contributed by atoms with Crippen LogP contribution in [-0.4, -0.2) is 74.9 Å². The summed E-state index contributed by atoms with van der Waals surface area (Å²) in [5, 5.41) is 2.70. The van der Waals surface area contributed by atoms with Crippen LogP contribution < -0.4 is 10.1 Å². The molecule has 0 radical (unpaired) electrons. The van der Waals surface area contributed by atoms with Gasteiger partial charge in [-0.3, -0.25) is 4.79 Å². The molecule has 1 aliphatic rings. The molecule has 10 nitrogen and oxygen atoms in total. The summed E-state index contributed by atoms with van der Waals surface area (Å²) in [7, 11) is -0.744. The first-order valence-electron chi connectivity index (χ1n) is 12.1. The van der Waals surface area contributed by atoms with Crippen LogP contribution >= 0.6 is 0 Å². The Kier molecular flexibility index (Phi) is 9.28. The van der Waals surface area contributed by atoms with Crippen LogP contribution in [0.2, 0.25) is 0 Å². The Bertz CT molecular complexity index is 1210. The van der Waals surface area contributed by atoms with Crippen LogP contribution in [0.1, 0.15) is 30.9 Å². The topological polar surface area (TPSA) is 122 Å². The van der Waals surface area contributed by atoms with Crippen molar-refractivity contribution in [1.29, 1.82) is 0 Å². The van der Waals surface area contributed by atoms with E-state index in [9.17, 15) is 22.8 Å². The van der Waals surface area contributed by atoms with Crippen LogP contribution in [0, 0.1) is 6.92 Å². The maximum Gasteiger partial charge on any atom is 0.414 e. The number of carbonyl (C=O) groups is 3. The number of hydrogen-bond donors (Lipinski definition) is 1. The predicted molar refractivity (Wildman–Crippen MR) is 137 cm³/mol. The number of nitrogens with zero attached hydrogens (tertiary/aromatic N) is 2. The van der Waals surface area contributed by atoms with Gasteiger partial charge in [0.15, 0.2) is 0 Å². The number of nitrogens with one attached hydrogen (secondary N) is 1. The molecular formula is C26H33N3O7S. The number of ether oxygens (including phenoxy) is 2. The zero-order valence-corrected chi connectivity index (χ0v) is 22.3. The lowest BCUT2D eigenvalue weighted by Gasteiger charge is -2.25. The van der Waals surface area contributed by atoms with Crippen LogP contribution in [0.5, 0.6) is 5.75 Å². The summed E-state index contributed by atoms with van der Waals surface area (Å²) in [5.74, 6) is -0.838. The molecule has 11 heteroatoms. The predicted octanol–water partition coefficient (Wildman–Crippen LogP) is 2.50. The molecule has 2 aromatic rings. The molecule has 2 aromatic carbocycles. The minimum atomic E-state index is -3.88. The number of rotatable bonds is 9. The number of hydrogen-bond acceptors (Lipinski definition) is 7. The molecule has 2 amide bonds. The van der Waals surface area contributed by atoms with E-state index in [2.05, 4.69) is 5.32 Å². The lowest BCUT2D eigenvalue weighted by Crippen LogP contribution is -2.51. The number of benzene rings is 2. The first-order chi connectivity index (χ1) is 17.5. The van der Waals surface area contributed by atoms with Gasteiger partial charge in [0, 0.05) is 27.1 Å². The van der Waals surface area contributed by atoms with Gasteiger partial charge in [0.2, 0.25) is 15.9 Å². The average molecular weight is 532 g/mol. The molecule has 3 rings (SSSR count). The van der Waals surface area contributed by atoms with Crippen molar-refractivity contribution in [3.05, 3.63) is 59.7 Å². The van der Waals surface area contributed by atoms with Crippen LogP contribution in [-0.2, 0) is 30.8 Å². The lowest BCUT2D eigenvalue weighted by atomic mass is 10.0. The van der Waals surface area contributed by atoms with Gasteiger partial charge in [-0.1, -0.05) is 29.8 Å². The second kappa shape index (κ2) is 12.2. The molecule has 2 atom stereocenters. The Labute approximate surface area is 217 Å². The fraction of sp³-hybridized carbons (Fsp3) is 0.423. The van der Waals surface area contributed by atoms with Gasteiger partial charge in [-0.2, -0.15) is 4.31 Å². The lowest BCUT2D eigenvalue weighted by molar-refractivity contribution is -0.147. The third-order valence-corrected chi connectivity index (χ3v) is 7.88. The average Bonchev–Trinajstić information content (AvgIpc) is 3.36. The van der Waals surface area contributed by atoms with Gasteiger partial charge < -0.3 is 19.7 Å². The monoisotopic (exact) mass is 531 g/mol. The standard InChI is InChI=1S/C26H33N3O7S/c1-5-35-25(31)22(17-19-10-12-20(13-11-19)36-26(32)28(3)4)27-24(30)23-7-6-16-29(23)37(33,34)21-14-8-18(2)9-15-21/h8-15,22-23H,5-7,16-17H2,1-4H3,(H,27,30)/t22-,23-/m0/s1. The largest absolute Gasteiger partial charge is 0.464 e. The normalized spacial score (nSPS) is 16.6. The fourth-order valence-corrected chi connectivity index (χ4v) is 5.62. The van der Waals surface area contributed by atoms with Crippen LogP contribution in [0.15, 0.2) is 53.4 Å². The first kappa shape index (κ1) is 28.1. The summed E-state index contributed by atoms with van der Waals surface area (Å²) in [6, 6.07) is 11.1. The SMILES string of the molecule is CCOC(=O)[C@H](Cc1ccc(OC(=O)N(C)C)cc1)NC(=O)[C@@H]1CCCN1S(=O)(=O)c1ccc(C)cc1. The van der Waals surface area contributed by atoms with E-state index in [4.69, 9.17) is 9.47 Å². The summed E-state index contributed by atoms with van der Waals surface area (Å²) >= 11 is 0. The minimum Gasteiger partial charge on any atom is -0.464 e. The number of esters is 1. The Morgan fingerprint density at radius 2 is 1.73 bits per heavy atom. The van der Waals surface area contributed by atoms with Gasteiger partial charge in [0.05, 0.1) is 11.5 Å². The van der Waals surface area contributed by atoms with Gasteiger partial charge in [0.25, 0.3) is 0 Å². The molecular weight excluding hydrogens is 498 g/mol. The van der Waals surface area contributed by atoms with Crippen LogP contribution in [0.25, 0.3) is 0 Å². The molecule has 1 fully saturated rings. The smallest absolute Gasteiger partial charge is 0.414 e. The van der Waals surface area contributed by atoms with E-state index in [1.807, 2.05) is 6.92 Å². The van der Waals surface area contributed by atoms with Crippen molar-refractivity contribution in [3.63, 3.8) is 0 Å². The van der Waals surface area contributed by atoms with Crippen molar-refractivity contribution in [3.8, 4) is 5.75 Å². The molecule has 1 N–H and O–H groups in total. The van der Waals surface area contributed by atoms with Gasteiger partial charge in [-0.05, 0) is 56.5 Å². The Balaban J connectivity index is 1.74. The van der Waals surface area contributed by atoms with E-state index < -0.39 is 40.1 Å². The van der Waals surface area contributed by atoms with Crippen LogP contribution in [0.4, 0.5) is 4.79 Å². The molecule has 37 heavy (non-hydrogen) atoms. The van der Waals surface area contributed by atoms with Crippen molar-refractivity contribution < 1.29 is 32.3 Å². The highest BCUT2D eigenvalue weighted by atomic mass is 32.2. The Morgan fingerprint density at radius 3 is 2.32 bits per heavy atom. The van der Waals surface area contributed by atoms with Crippen molar-refractivity contribution in [2.24, 2.45) is 0 Å². The van der Waals surface area contributed by atoms with E-state index in [1.165, 1.54) is 21.3 Å². The van der Waals surface area contributed by atoms with Crippen molar-refractivity contribution in [2.75, 3.05) is 27.2 Å². The summed E-state index contributed by atoms with van der Waals surface area (Å²) in [4.78, 5) is 39.1. The summed E-state index contributed by atoms with van der Waals surface area (Å²) < 4.78 is 38.0. The van der Waals surface area contributed by atoms with E-state index in [1.54, 1.807) is 57.4 Å². The van der Waals surface area contributed by atoms with Crippen molar-refractivity contribution in [2.45, 2.75) is 50.1 Å². The zero-order valence-electron chi connectivity index (χ0n) is 21.5. The molecule has 0 aliphatic carbocycles. The molecule has 0 bridgehead atoms. The number of amides is 2. The highest BCUT2D eigenvalue weighted by molar-refractivity contribution is 7.89. The van der Waals surface area contributed by atoms with E-state index >= 15 is 0 Å². The second-order valence-corrected chi connectivity index (χ2v) is 10.9. The van der Waals surface area contributed by atoms with Gasteiger partial charge in [-0.25, -0.2) is 18.0 Å². The fourth-order valence-electron chi connectivity index (χ4n) is 3.96. The summed E-state index contributed by atoms with van der Waals surface area (Å²) in [5.41, 5.74) is 1.62. The Morgan fingerprint density at radius 1 is 1.08 bits per heavy atom. The molecule has 1 aliphatic heterocycles. The van der Waals surface area contributed by atoms with Crippen molar-refractivity contribution >= 4 is 28.0 Å². The molecule has 200 valence electrons. The molecule has 1 saturated heterocycles. The van der Waals surface area contributed by atoms with E-state index in [0.717, 1.165) is 5.56 Å². The van der Waals surface area contributed by atoms with Crippen molar-refractivity contribution in [1.82, 2.24) is 14.5 Å². The van der Waals surface area contributed by atoms with Crippen LogP contribution in [0.3, 0.4) is 0 Å². The Hall–Kier alpha value is -3.44. The third-order valence-electron chi connectivity index (χ3n) is 5.96. The van der Waals surface area contributed by atoms with E-state index in [-0.39, 0.29) is 24.5 Å². The minimum absolute atomic E-state index is 0.115. The molecule has 0 saturated carbocycles. The van der Waals surface area contributed by atoms with Gasteiger partial charge >= 0.3 is 12.1 Å². The van der Waals surface area contributed by atoms with Gasteiger partial charge in [-0.15, -0.1) is 0 Å². The summed E-state index contributed by atoms with van der Waals surface area (Å²) in [6.07, 6.45) is 0.467. The van der Waals surface area contributed by atoms with E-state index in [0.29, 0.717) is 24.2 Å². The maximum atomic E-state index is 13.2. The highest BCUT2D eigenvalue weighted by Gasteiger charge is 2.40. The zero-order chi connectivity index (χ0) is 27.2. The third kappa shape index (κ3) is 7.07. The first-order valence-corrected chi connectivity index (χ1v) is 13.5. The number of sulfonamides is 1. The molecule has 1 heterocycles. The second-order valence-electron chi connectivity index (χ2n) is 9.01. The number of carbonyl (C=O) groups excluding carboxylic acids is 3. The molecule has 0 spiro atoms. The summed E-state index contributed by atoms with van der Waals surface area (Å²) in [6.45, 7) is 3.87. The highest BCUT2D eigenvalue weighted by Crippen LogP contribution is 2.27. The quantitative estimate of drug-likeness (QED) is 0.493. The van der Waals surface area contributed by atoms with Gasteiger partial charge in [0.1, 0.15) is 17.8 Å².